The Morgan fingerprint density at radius 3 is 2.75 bits per heavy atom. The summed E-state index contributed by atoms with van der Waals surface area (Å²) in [6, 6.07) is 0. The molecular formula is C16H26O2S2. The first-order chi connectivity index (χ1) is 9.74. The summed E-state index contributed by atoms with van der Waals surface area (Å²) in [5.41, 5.74) is 0.0762. The van der Waals surface area contributed by atoms with Crippen molar-refractivity contribution in [2.45, 2.75) is 68.0 Å². The summed E-state index contributed by atoms with van der Waals surface area (Å²) in [6.07, 6.45) is 8.02. The third kappa shape index (κ3) is 3.07. The Morgan fingerprint density at radius 1 is 1.25 bits per heavy atom. The van der Waals surface area contributed by atoms with Gasteiger partial charge in [0.25, 0.3) is 0 Å². The molecule has 114 valence electrons. The average molecular weight is 315 g/mol. The van der Waals surface area contributed by atoms with Crippen molar-refractivity contribution < 1.29 is 9.53 Å². The van der Waals surface area contributed by atoms with E-state index in [1.807, 2.05) is 23.5 Å². The highest BCUT2D eigenvalue weighted by Gasteiger charge is 2.44. The molecule has 2 heterocycles. The molecule has 0 aromatic carbocycles. The molecule has 0 N–H and O–H groups in total. The fraction of sp³-hybridized carbons (Fsp3) is 0.938. The van der Waals surface area contributed by atoms with Gasteiger partial charge in [0.2, 0.25) is 0 Å². The summed E-state index contributed by atoms with van der Waals surface area (Å²) in [5, 5.41) is 0.795. The SMILES string of the molecule is CCC1SCCSC1C(=O)C1CCOC2(CCCC2)C1. The van der Waals surface area contributed by atoms with Crippen LogP contribution in [0.1, 0.15) is 51.9 Å². The van der Waals surface area contributed by atoms with Crippen LogP contribution >= 0.6 is 23.5 Å². The molecule has 0 radical (unpaired) electrons. The Bertz CT molecular complexity index is 352. The second kappa shape index (κ2) is 6.62. The van der Waals surface area contributed by atoms with Gasteiger partial charge in [0.1, 0.15) is 5.78 Å². The highest BCUT2D eigenvalue weighted by Crippen LogP contribution is 2.44. The maximum atomic E-state index is 13.0. The molecular weight excluding hydrogens is 288 g/mol. The first-order valence-electron chi connectivity index (χ1n) is 8.15. The smallest absolute Gasteiger partial charge is 0.150 e. The molecule has 2 nitrogen and oxygen atoms in total. The monoisotopic (exact) mass is 314 g/mol. The van der Waals surface area contributed by atoms with Crippen LogP contribution in [0.25, 0.3) is 0 Å². The van der Waals surface area contributed by atoms with Gasteiger partial charge in [-0.25, -0.2) is 0 Å². The molecule has 4 heteroatoms. The van der Waals surface area contributed by atoms with Crippen molar-refractivity contribution >= 4 is 29.3 Å². The molecule has 2 aliphatic heterocycles. The molecule has 3 unspecified atom stereocenters. The lowest BCUT2D eigenvalue weighted by Crippen LogP contribution is -2.44. The average Bonchev–Trinajstić information content (AvgIpc) is 2.94. The molecule has 0 bridgehead atoms. The quantitative estimate of drug-likeness (QED) is 0.788. The van der Waals surface area contributed by atoms with E-state index in [1.165, 1.54) is 31.4 Å². The van der Waals surface area contributed by atoms with Crippen molar-refractivity contribution in [1.82, 2.24) is 0 Å². The van der Waals surface area contributed by atoms with Crippen LogP contribution in [0.3, 0.4) is 0 Å². The third-order valence-electron chi connectivity index (χ3n) is 5.14. The number of carbonyl (C=O) groups is 1. The van der Waals surface area contributed by atoms with Crippen molar-refractivity contribution in [2.24, 2.45) is 5.92 Å². The van der Waals surface area contributed by atoms with Gasteiger partial charge in [-0.1, -0.05) is 19.8 Å². The van der Waals surface area contributed by atoms with Gasteiger partial charge in [-0.15, -0.1) is 11.8 Å². The Balaban J connectivity index is 1.66. The van der Waals surface area contributed by atoms with E-state index >= 15 is 0 Å². The summed E-state index contributed by atoms with van der Waals surface area (Å²) in [6.45, 7) is 3.03. The van der Waals surface area contributed by atoms with E-state index in [-0.39, 0.29) is 16.8 Å². The van der Waals surface area contributed by atoms with Gasteiger partial charge in [-0.3, -0.25) is 4.79 Å². The summed E-state index contributed by atoms with van der Waals surface area (Å²) >= 11 is 3.93. The first-order valence-corrected chi connectivity index (χ1v) is 10.2. The van der Waals surface area contributed by atoms with Crippen molar-refractivity contribution in [3.8, 4) is 0 Å². The molecule has 3 rings (SSSR count). The van der Waals surface area contributed by atoms with Crippen molar-refractivity contribution in [1.29, 1.82) is 0 Å². The highest BCUT2D eigenvalue weighted by atomic mass is 32.2. The fourth-order valence-electron chi connectivity index (χ4n) is 4.04. The predicted octanol–water partition coefficient (Wildman–Crippen LogP) is 3.92. The van der Waals surface area contributed by atoms with Gasteiger partial charge < -0.3 is 4.74 Å². The molecule has 0 aromatic heterocycles. The molecule has 1 spiro atoms. The van der Waals surface area contributed by atoms with Gasteiger partial charge in [-0.05, 0) is 32.1 Å². The van der Waals surface area contributed by atoms with E-state index in [0.29, 0.717) is 11.0 Å². The molecule has 0 aromatic rings. The fourth-order valence-corrected chi connectivity index (χ4v) is 7.14. The Kier molecular flexibility index (Phi) is 5.04. The number of Topliss-reactive ketones (excluding diaryl/α,β-unsaturated/α-hetero) is 1. The zero-order valence-electron chi connectivity index (χ0n) is 12.4. The summed E-state index contributed by atoms with van der Waals surface area (Å²) in [7, 11) is 0. The topological polar surface area (TPSA) is 26.3 Å². The van der Waals surface area contributed by atoms with Gasteiger partial charge in [0.15, 0.2) is 0 Å². The van der Waals surface area contributed by atoms with Crippen LogP contribution in [-0.4, -0.2) is 40.0 Å². The molecule has 20 heavy (non-hydrogen) atoms. The van der Waals surface area contributed by atoms with E-state index in [9.17, 15) is 4.79 Å². The van der Waals surface area contributed by atoms with Crippen LogP contribution < -0.4 is 0 Å². The summed E-state index contributed by atoms with van der Waals surface area (Å²) < 4.78 is 6.08. The lowest BCUT2D eigenvalue weighted by molar-refractivity contribution is -0.135. The molecule has 1 saturated carbocycles. The van der Waals surface area contributed by atoms with Crippen LogP contribution in [0.2, 0.25) is 0 Å². The third-order valence-corrected chi connectivity index (χ3v) is 8.41. The molecule has 3 atom stereocenters. The van der Waals surface area contributed by atoms with E-state index in [0.717, 1.165) is 31.6 Å². The molecule has 3 fully saturated rings. The van der Waals surface area contributed by atoms with Crippen LogP contribution in [0.15, 0.2) is 0 Å². The van der Waals surface area contributed by atoms with E-state index in [2.05, 4.69) is 6.92 Å². The Hall–Kier alpha value is 0.330. The standard InChI is InChI=1S/C16H26O2S2/c1-2-13-15(20-10-9-19-13)14(17)12-5-8-18-16(11-12)6-3-4-7-16/h12-13,15H,2-11H2,1H3. The molecule has 2 saturated heterocycles. The second-order valence-corrected chi connectivity index (χ2v) is 9.04. The molecule has 3 aliphatic rings. The van der Waals surface area contributed by atoms with Crippen molar-refractivity contribution in [3.05, 3.63) is 0 Å². The van der Waals surface area contributed by atoms with Crippen molar-refractivity contribution in [2.75, 3.05) is 18.1 Å². The van der Waals surface area contributed by atoms with Crippen LogP contribution in [0.4, 0.5) is 0 Å². The Labute approximate surface area is 131 Å². The zero-order valence-corrected chi connectivity index (χ0v) is 14.1. The minimum Gasteiger partial charge on any atom is -0.375 e. The lowest BCUT2D eigenvalue weighted by Gasteiger charge is -2.40. The van der Waals surface area contributed by atoms with Gasteiger partial charge in [0.05, 0.1) is 10.9 Å². The number of ether oxygens (including phenoxy) is 1. The minimum absolute atomic E-state index is 0.0762. The summed E-state index contributed by atoms with van der Waals surface area (Å²) in [4.78, 5) is 13.0. The number of ketones is 1. The lowest BCUT2D eigenvalue weighted by atomic mass is 9.81. The zero-order chi connectivity index (χ0) is 14.0. The first kappa shape index (κ1) is 15.2. The van der Waals surface area contributed by atoms with Crippen LogP contribution in [0.5, 0.6) is 0 Å². The van der Waals surface area contributed by atoms with E-state index in [1.54, 1.807) is 0 Å². The van der Waals surface area contributed by atoms with Gasteiger partial charge in [-0.2, -0.15) is 11.8 Å². The Morgan fingerprint density at radius 2 is 2.00 bits per heavy atom. The van der Waals surface area contributed by atoms with Gasteiger partial charge >= 0.3 is 0 Å². The number of thioether (sulfide) groups is 2. The maximum Gasteiger partial charge on any atom is 0.150 e. The number of hydrogen-bond acceptors (Lipinski definition) is 4. The molecule has 1 aliphatic carbocycles. The largest absolute Gasteiger partial charge is 0.375 e. The summed E-state index contributed by atoms with van der Waals surface area (Å²) in [5.74, 6) is 3.17. The van der Waals surface area contributed by atoms with E-state index < -0.39 is 0 Å². The normalized spacial score (nSPS) is 37.1. The minimum atomic E-state index is 0.0762. The number of rotatable bonds is 3. The predicted molar refractivity (Wildman–Crippen MR) is 87.7 cm³/mol. The van der Waals surface area contributed by atoms with Crippen LogP contribution in [-0.2, 0) is 9.53 Å². The van der Waals surface area contributed by atoms with Crippen LogP contribution in [0, 0.1) is 5.92 Å². The van der Waals surface area contributed by atoms with E-state index in [4.69, 9.17) is 4.74 Å². The second-order valence-electron chi connectivity index (χ2n) is 6.44. The highest BCUT2D eigenvalue weighted by molar-refractivity contribution is 8.07. The van der Waals surface area contributed by atoms with Gasteiger partial charge in [0, 0.05) is 29.3 Å². The van der Waals surface area contributed by atoms with Crippen molar-refractivity contribution in [3.63, 3.8) is 0 Å². The molecule has 0 amide bonds. The maximum absolute atomic E-state index is 13.0. The number of carbonyl (C=O) groups excluding carboxylic acids is 1. The number of hydrogen-bond donors (Lipinski definition) is 0.